The van der Waals surface area contributed by atoms with Crippen LogP contribution in [0, 0.1) is 0 Å². The zero-order chi connectivity index (χ0) is 12.8. The third-order valence-corrected chi connectivity index (χ3v) is 3.10. The van der Waals surface area contributed by atoms with Crippen LogP contribution in [0.15, 0.2) is 16.0 Å². The molecular formula is C11H16N2O3S. The number of carboxylic acids is 1. The van der Waals surface area contributed by atoms with E-state index in [1.54, 1.807) is 4.90 Å². The van der Waals surface area contributed by atoms with E-state index in [1.807, 2.05) is 13.8 Å². The first kappa shape index (κ1) is 13.8. The number of aliphatic imine (C=N–C) groups is 1. The van der Waals surface area contributed by atoms with E-state index < -0.39 is 5.97 Å². The molecule has 1 aliphatic heterocycles. The molecule has 0 atom stereocenters. The molecule has 0 saturated carbocycles. The van der Waals surface area contributed by atoms with Gasteiger partial charge in [-0.3, -0.25) is 14.7 Å². The number of carbonyl (C=O) groups excluding carboxylic acids is 1. The monoisotopic (exact) mass is 256 g/mol. The molecule has 1 rings (SSSR count). The van der Waals surface area contributed by atoms with Crippen LogP contribution >= 0.6 is 11.8 Å². The molecule has 0 spiro atoms. The van der Waals surface area contributed by atoms with Gasteiger partial charge in [0.15, 0.2) is 5.17 Å². The molecule has 0 aromatic carbocycles. The van der Waals surface area contributed by atoms with Crippen LogP contribution in [0.4, 0.5) is 0 Å². The van der Waals surface area contributed by atoms with Gasteiger partial charge < -0.3 is 5.11 Å². The van der Waals surface area contributed by atoms with Crippen LogP contribution < -0.4 is 0 Å². The largest absolute Gasteiger partial charge is 0.478 e. The molecule has 0 aromatic rings. The molecule has 0 aliphatic carbocycles. The lowest BCUT2D eigenvalue weighted by molar-refractivity contribution is -0.132. The first-order valence-electron chi connectivity index (χ1n) is 5.58. The van der Waals surface area contributed by atoms with Crippen molar-refractivity contribution in [1.29, 1.82) is 0 Å². The highest BCUT2D eigenvalue weighted by molar-refractivity contribution is 8.18. The Labute approximate surface area is 105 Å². The highest BCUT2D eigenvalue weighted by Gasteiger charge is 2.32. The van der Waals surface area contributed by atoms with E-state index in [2.05, 4.69) is 4.99 Å². The maximum absolute atomic E-state index is 11.9. The van der Waals surface area contributed by atoms with E-state index in [0.717, 1.165) is 30.7 Å². The normalized spacial score (nSPS) is 20.6. The second kappa shape index (κ2) is 6.44. The Morgan fingerprint density at radius 3 is 2.71 bits per heavy atom. The van der Waals surface area contributed by atoms with E-state index in [0.29, 0.717) is 18.3 Å². The SMILES string of the molecule is CCCN=C1SC(=CC(=O)O)C(=O)N1CCC. The van der Waals surface area contributed by atoms with Crippen LogP contribution in [0.5, 0.6) is 0 Å². The Morgan fingerprint density at radius 1 is 1.47 bits per heavy atom. The Bertz CT molecular complexity index is 377. The quantitative estimate of drug-likeness (QED) is 0.760. The summed E-state index contributed by atoms with van der Waals surface area (Å²) in [6.45, 7) is 5.19. The topological polar surface area (TPSA) is 70.0 Å². The summed E-state index contributed by atoms with van der Waals surface area (Å²) < 4.78 is 0. The third kappa shape index (κ3) is 3.59. The van der Waals surface area contributed by atoms with E-state index in [1.165, 1.54) is 0 Å². The summed E-state index contributed by atoms with van der Waals surface area (Å²) in [6.07, 6.45) is 2.66. The van der Waals surface area contributed by atoms with Gasteiger partial charge in [0.25, 0.3) is 5.91 Å². The molecule has 5 nitrogen and oxygen atoms in total. The van der Waals surface area contributed by atoms with Gasteiger partial charge in [0.05, 0.1) is 4.91 Å². The summed E-state index contributed by atoms with van der Waals surface area (Å²) in [4.78, 5) is 28.6. The molecule has 0 bridgehead atoms. The maximum Gasteiger partial charge on any atom is 0.329 e. The zero-order valence-corrected chi connectivity index (χ0v) is 10.8. The minimum absolute atomic E-state index is 0.237. The van der Waals surface area contributed by atoms with Crippen molar-refractivity contribution in [2.45, 2.75) is 26.7 Å². The van der Waals surface area contributed by atoms with Crippen molar-refractivity contribution in [2.75, 3.05) is 13.1 Å². The highest BCUT2D eigenvalue weighted by atomic mass is 32.2. The number of carbonyl (C=O) groups is 2. The summed E-state index contributed by atoms with van der Waals surface area (Å²) >= 11 is 1.14. The predicted molar refractivity (Wildman–Crippen MR) is 67.9 cm³/mol. The molecule has 17 heavy (non-hydrogen) atoms. The molecule has 1 amide bonds. The van der Waals surface area contributed by atoms with Crippen molar-refractivity contribution in [1.82, 2.24) is 4.90 Å². The van der Waals surface area contributed by atoms with Gasteiger partial charge >= 0.3 is 5.97 Å². The number of amides is 1. The van der Waals surface area contributed by atoms with Gasteiger partial charge in [-0.1, -0.05) is 13.8 Å². The van der Waals surface area contributed by atoms with Crippen molar-refractivity contribution in [3.8, 4) is 0 Å². The molecule has 1 fully saturated rings. The summed E-state index contributed by atoms with van der Waals surface area (Å²) in [5.74, 6) is -1.36. The molecule has 0 aromatic heterocycles. The van der Waals surface area contributed by atoms with E-state index in [-0.39, 0.29) is 10.8 Å². The number of rotatable bonds is 5. The van der Waals surface area contributed by atoms with Gasteiger partial charge in [-0.05, 0) is 24.6 Å². The lowest BCUT2D eigenvalue weighted by Crippen LogP contribution is -2.30. The van der Waals surface area contributed by atoms with E-state index in [4.69, 9.17) is 5.11 Å². The van der Waals surface area contributed by atoms with Crippen molar-refractivity contribution in [3.63, 3.8) is 0 Å². The average Bonchev–Trinajstić information content (AvgIpc) is 2.55. The van der Waals surface area contributed by atoms with Crippen LogP contribution in [0.2, 0.25) is 0 Å². The molecule has 1 N–H and O–H groups in total. The molecular weight excluding hydrogens is 240 g/mol. The summed E-state index contributed by atoms with van der Waals surface area (Å²) in [7, 11) is 0. The number of amidine groups is 1. The predicted octanol–water partition coefficient (Wildman–Crippen LogP) is 1.71. The molecule has 1 heterocycles. The van der Waals surface area contributed by atoms with Gasteiger partial charge in [-0.2, -0.15) is 0 Å². The Morgan fingerprint density at radius 2 is 2.18 bits per heavy atom. The molecule has 0 radical (unpaired) electrons. The molecule has 6 heteroatoms. The second-order valence-corrected chi connectivity index (χ2v) is 4.58. The number of hydrogen-bond donors (Lipinski definition) is 1. The fourth-order valence-electron chi connectivity index (χ4n) is 1.37. The van der Waals surface area contributed by atoms with Crippen LogP contribution in [0.3, 0.4) is 0 Å². The maximum atomic E-state index is 11.9. The first-order chi connectivity index (χ1) is 8.10. The van der Waals surface area contributed by atoms with E-state index in [9.17, 15) is 9.59 Å². The van der Waals surface area contributed by atoms with Gasteiger partial charge in [0.1, 0.15) is 0 Å². The summed E-state index contributed by atoms with van der Waals surface area (Å²) in [5.41, 5.74) is 0. The first-order valence-corrected chi connectivity index (χ1v) is 6.40. The van der Waals surface area contributed by atoms with Gasteiger partial charge in [0.2, 0.25) is 0 Å². The fourth-order valence-corrected chi connectivity index (χ4v) is 2.36. The van der Waals surface area contributed by atoms with E-state index >= 15 is 0 Å². The smallest absolute Gasteiger partial charge is 0.329 e. The number of nitrogens with zero attached hydrogens (tertiary/aromatic N) is 2. The molecule has 94 valence electrons. The lowest BCUT2D eigenvalue weighted by atomic mass is 10.4. The summed E-state index contributed by atoms with van der Waals surface area (Å²) in [6, 6.07) is 0. The minimum atomic E-state index is -1.10. The number of carboxylic acid groups (broad SMARTS) is 1. The minimum Gasteiger partial charge on any atom is -0.478 e. The molecule has 1 aliphatic rings. The number of thioether (sulfide) groups is 1. The van der Waals surface area contributed by atoms with Crippen LogP contribution in [0.1, 0.15) is 26.7 Å². The zero-order valence-electron chi connectivity index (χ0n) is 9.97. The van der Waals surface area contributed by atoms with Crippen LogP contribution in [-0.4, -0.2) is 40.1 Å². The van der Waals surface area contributed by atoms with Crippen LogP contribution in [0.25, 0.3) is 0 Å². The average molecular weight is 256 g/mol. The number of aliphatic carboxylic acids is 1. The van der Waals surface area contributed by atoms with Crippen molar-refractivity contribution >= 4 is 28.8 Å². The highest BCUT2D eigenvalue weighted by Crippen LogP contribution is 2.30. The summed E-state index contributed by atoms with van der Waals surface area (Å²) in [5, 5.41) is 9.29. The van der Waals surface area contributed by atoms with Crippen LogP contribution in [-0.2, 0) is 9.59 Å². The fraction of sp³-hybridized carbons (Fsp3) is 0.545. The Kier molecular flexibility index (Phi) is 5.21. The van der Waals surface area contributed by atoms with Gasteiger partial charge in [-0.15, -0.1) is 0 Å². The van der Waals surface area contributed by atoms with Gasteiger partial charge in [0, 0.05) is 19.2 Å². The number of hydrogen-bond acceptors (Lipinski definition) is 4. The molecule has 1 saturated heterocycles. The second-order valence-electron chi connectivity index (χ2n) is 3.57. The molecule has 0 unspecified atom stereocenters. The van der Waals surface area contributed by atoms with Crippen molar-refractivity contribution in [3.05, 3.63) is 11.0 Å². The Hall–Kier alpha value is -1.30. The third-order valence-electron chi connectivity index (χ3n) is 2.06. The Balaban J connectivity index is 2.92. The van der Waals surface area contributed by atoms with Crippen molar-refractivity contribution < 1.29 is 14.7 Å². The van der Waals surface area contributed by atoms with Crippen molar-refractivity contribution in [2.24, 2.45) is 4.99 Å². The lowest BCUT2D eigenvalue weighted by Gasteiger charge is -2.13. The standard InChI is InChI=1S/C11H16N2O3S/c1-3-5-12-11-13(6-4-2)10(16)8(17-11)7-9(14)15/h7H,3-6H2,1-2H3,(H,14,15). The van der Waals surface area contributed by atoms with Gasteiger partial charge in [-0.25, -0.2) is 4.79 Å².